The van der Waals surface area contributed by atoms with Gasteiger partial charge in [-0.15, -0.1) is 0 Å². The van der Waals surface area contributed by atoms with Crippen molar-refractivity contribution in [3.63, 3.8) is 0 Å². The lowest BCUT2D eigenvalue weighted by atomic mass is 9.70. The maximum absolute atomic E-state index is 6.49. The summed E-state index contributed by atoms with van der Waals surface area (Å²) in [5.41, 5.74) is 3.90. The van der Waals surface area contributed by atoms with E-state index in [4.69, 9.17) is 17.0 Å². The Kier molecular flexibility index (Phi) is 3.73. The smallest absolute Gasteiger partial charge is 0.131 e. The van der Waals surface area contributed by atoms with Crippen molar-refractivity contribution < 1.29 is 4.74 Å². The minimum Gasteiger partial charge on any atom is -0.461 e. The summed E-state index contributed by atoms with van der Waals surface area (Å²) in [5, 5.41) is 2.50. The summed E-state index contributed by atoms with van der Waals surface area (Å²) >= 11 is 5.94. The molecule has 0 saturated carbocycles. The zero-order chi connectivity index (χ0) is 18.6. The van der Waals surface area contributed by atoms with Gasteiger partial charge >= 0.3 is 0 Å². The first-order chi connectivity index (χ1) is 13.0. The molecule has 5 rings (SSSR count). The largest absolute Gasteiger partial charge is 0.461 e. The van der Waals surface area contributed by atoms with Crippen LogP contribution in [0.1, 0.15) is 43.7 Å². The van der Waals surface area contributed by atoms with Crippen LogP contribution in [0.15, 0.2) is 78.1 Å². The van der Waals surface area contributed by atoms with Gasteiger partial charge in [-0.05, 0) is 34.2 Å². The van der Waals surface area contributed by atoms with Crippen molar-refractivity contribution in [1.82, 2.24) is 0 Å². The molecule has 2 aliphatic rings. The van der Waals surface area contributed by atoms with E-state index in [1.807, 2.05) is 0 Å². The van der Waals surface area contributed by atoms with Crippen LogP contribution in [-0.4, -0.2) is 4.86 Å². The van der Waals surface area contributed by atoms with Crippen molar-refractivity contribution in [2.75, 3.05) is 0 Å². The number of allylic oxidation sites excluding steroid dienone is 2. The molecular formula is C25H22OS. The van der Waals surface area contributed by atoms with Gasteiger partial charge in [0, 0.05) is 28.3 Å². The Morgan fingerprint density at radius 3 is 2.44 bits per heavy atom. The Balaban J connectivity index is 1.82. The summed E-state index contributed by atoms with van der Waals surface area (Å²) in [5.74, 6) is 2.18. The predicted octanol–water partition coefficient (Wildman–Crippen LogP) is 6.81. The molecule has 0 spiro atoms. The average Bonchev–Trinajstić information content (AvgIpc) is 2.66. The molecule has 0 bridgehead atoms. The number of ether oxygens (including phenoxy) is 1. The van der Waals surface area contributed by atoms with Gasteiger partial charge in [-0.3, -0.25) is 0 Å². The molecule has 1 unspecified atom stereocenters. The highest BCUT2D eigenvalue weighted by Gasteiger charge is 2.40. The van der Waals surface area contributed by atoms with Gasteiger partial charge in [0.1, 0.15) is 11.5 Å². The van der Waals surface area contributed by atoms with Gasteiger partial charge in [0.25, 0.3) is 0 Å². The van der Waals surface area contributed by atoms with Crippen molar-refractivity contribution in [2.45, 2.75) is 32.6 Å². The van der Waals surface area contributed by atoms with Crippen LogP contribution in [0.4, 0.5) is 0 Å². The number of hydrogen-bond donors (Lipinski definition) is 0. The number of benzene rings is 3. The molecule has 3 aromatic carbocycles. The highest BCUT2D eigenvalue weighted by atomic mass is 32.1. The zero-order valence-electron chi connectivity index (χ0n) is 15.7. The van der Waals surface area contributed by atoms with Gasteiger partial charge in [0.15, 0.2) is 0 Å². The second kappa shape index (κ2) is 6.03. The quantitative estimate of drug-likeness (QED) is 0.435. The van der Waals surface area contributed by atoms with Gasteiger partial charge in [-0.25, -0.2) is 0 Å². The van der Waals surface area contributed by atoms with E-state index in [-0.39, 0.29) is 11.3 Å². The molecule has 1 atom stereocenters. The summed E-state index contributed by atoms with van der Waals surface area (Å²) in [6.07, 6.45) is 1.87. The Bertz CT molecular complexity index is 1090. The summed E-state index contributed by atoms with van der Waals surface area (Å²) in [6.45, 7) is 4.56. The third kappa shape index (κ3) is 2.71. The van der Waals surface area contributed by atoms with Crippen LogP contribution in [0.2, 0.25) is 0 Å². The van der Waals surface area contributed by atoms with Crippen LogP contribution in [-0.2, 0) is 0 Å². The minimum absolute atomic E-state index is 0.139. The highest BCUT2D eigenvalue weighted by Crippen LogP contribution is 2.52. The summed E-state index contributed by atoms with van der Waals surface area (Å²) in [6, 6.07) is 23.6. The first-order valence-corrected chi connectivity index (χ1v) is 9.95. The first kappa shape index (κ1) is 16.7. The molecule has 0 aromatic heterocycles. The van der Waals surface area contributed by atoms with Gasteiger partial charge < -0.3 is 4.74 Å². The second-order valence-electron chi connectivity index (χ2n) is 8.42. The summed E-state index contributed by atoms with van der Waals surface area (Å²) in [4.78, 5) is 1.05. The number of rotatable bonds is 1. The topological polar surface area (TPSA) is 9.23 Å². The fourth-order valence-corrected chi connectivity index (χ4v) is 5.23. The van der Waals surface area contributed by atoms with Crippen LogP contribution < -0.4 is 4.74 Å². The van der Waals surface area contributed by atoms with Crippen molar-refractivity contribution in [2.24, 2.45) is 5.41 Å². The third-order valence-electron chi connectivity index (χ3n) is 5.75. The van der Waals surface area contributed by atoms with E-state index >= 15 is 0 Å². The Labute approximate surface area is 165 Å². The number of thiocarbonyl (C=S) groups is 1. The van der Waals surface area contributed by atoms with Crippen molar-refractivity contribution in [3.05, 3.63) is 89.2 Å². The lowest BCUT2D eigenvalue weighted by molar-refractivity contribution is 0.281. The maximum atomic E-state index is 6.49. The fourth-order valence-electron chi connectivity index (χ4n) is 4.61. The highest BCUT2D eigenvalue weighted by molar-refractivity contribution is 7.80. The predicted molar refractivity (Wildman–Crippen MR) is 116 cm³/mol. The van der Waals surface area contributed by atoms with E-state index in [1.165, 1.54) is 27.5 Å². The summed E-state index contributed by atoms with van der Waals surface area (Å²) < 4.78 is 6.49. The second-order valence-corrected chi connectivity index (χ2v) is 8.91. The van der Waals surface area contributed by atoms with Gasteiger partial charge in [0.2, 0.25) is 0 Å². The molecule has 1 nitrogen and oxygen atoms in total. The maximum Gasteiger partial charge on any atom is 0.131 e. The molecule has 1 heterocycles. The van der Waals surface area contributed by atoms with E-state index in [2.05, 4.69) is 80.6 Å². The van der Waals surface area contributed by atoms with Crippen molar-refractivity contribution >= 4 is 27.9 Å². The van der Waals surface area contributed by atoms with Crippen LogP contribution in [0.5, 0.6) is 5.75 Å². The molecule has 3 aromatic rings. The molecule has 0 N–H and O–H groups in total. The van der Waals surface area contributed by atoms with Gasteiger partial charge in [0.05, 0.1) is 0 Å². The minimum atomic E-state index is 0.139. The number of fused-ring (bicyclic) bond motifs is 3. The van der Waals surface area contributed by atoms with Crippen LogP contribution >= 0.6 is 12.2 Å². The molecule has 0 radical (unpaired) electrons. The summed E-state index contributed by atoms with van der Waals surface area (Å²) in [7, 11) is 0. The molecule has 1 aliphatic carbocycles. The van der Waals surface area contributed by atoms with Crippen LogP contribution in [0, 0.1) is 5.41 Å². The monoisotopic (exact) mass is 370 g/mol. The lowest BCUT2D eigenvalue weighted by Gasteiger charge is -2.40. The van der Waals surface area contributed by atoms with E-state index in [0.717, 1.165) is 29.2 Å². The standard InChI is InChI=1S/C25H22OS/c1-25(2)14-20-24(21(27)15-25)22(17-9-4-3-5-10-17)23-18-11-7-6-8-16(18)12-13-19(23)26-20/h3-13,22H,14-15H2,1-2H3. The van der Waals surface area contributed by atoms with Gasteiger partial charge in [-0.2, -0.15) is 0 Å². The molecule has 0 saturated heterocycles. The van der Waals surface area contributed by atoms with Crippen LogP contribution in [0.3, 0.4) is 0 Å². The van der Waals surface area contributed by atoms with E-state index in [1.54, 1.807) is 0 Å². The Morgan fingerprint density at radius 1 is 0.889 bits per heavy atom. The van der Waals surface area contributed by atoms with E-state index in [9.17, 15) is 0 Å². The average molecular weight is 371 g/mol. The first-order valence-electron chi connectivity index (χ1n) is 9.54. The molecule has 2 heteroatoms. The van der Waals surface area contributed by atoms with Crippen molar-refractivity contribution in [1.29, 1.82) is 0 Å². The Morgan fingerprint density at radius 2 is 1.63 bits per heavy atom. The molecule has 1 aliphatic heterocycles. The molecule has 27 heavy (non-hydrogen) atoms. The zero-order valence-corrected chi connectivity index (χ0v) is 16.5. The normalized spacial score (nSPS) is 20.8. The van der Waals surface area contributed by atoms with Gasteiger partial charge in [-0.1, -0.05) is 86.7 Å². The van der Waals surface area contributed by atoms with Crippen molar-refractivity contribution in [3.8, 4) is 5.75 Å². The van der Waals surface area contributed by atoms with E-state index < -0.39 is 0 Å². The molecule has 134 valence electrons. The third-order valence-corrected chi connectivity index (χ3v) is 6.12. The molecule has 0 amide bonds. The Hall–Kier alpha value is -2.45. The molecule has 0 fully saturated rings. The van der Waals surface area contributed by atoms with E-state index in [0.29, 0.717) is 0 Å². The lowest BCUT2D eigenvalue weighted by Crippen LogP contribution is -2.32. The molecular weight excluding hydrogens is 348 g/mol. The fraction of sp³-hybridized carbons (Fsp3) is 0.240. The SMILES string of the molecule is CC1(C)CC(=S)C2=C(C1)Oc1ccc3ccccc3c1C2c1ccccc1. The number of hydrogen-bond acceptors (Lipinski definition) is 2. The van der Waals surface area contributed by atoms with Crippen LogP contribution in [0.25, 0.3) is 10.8 Å².